The maximum atomic E-state index is 13.5. The number of hydrogen-bond donors (Lipinski definition) is 1. The second kappa shape index (κ2) is 6.42. The van der Waals surface area contributed by atoms with Crippen LogP contribution in [0.3, 0.4) is 0 Å². The van der Waals surface area contributed by atoms with Crippen LogP contribution in [0.5, 0.6) is 0 Å². The molecule has 1 N–H and O–H groups in total. The Kier molecular flexibility index (Phi) is 4.07. The van der Waals surface area contributed by atoms with E-state index >= 15 is 0 Å². The van der Waals surface area contributed by atoms with Gasteiger partial charge in [0.2, 0.25) is 0 Å². The van der Waals surface area contributed by atoms with Crippen LogP contribution in [0, 0.1) is 0 Å². The van der Waals surface area contributed by atoms with Crippen LogP contribution >= 0.6 is 0 Å². The van der Waals surface area contributed by atoms with Crippen molar-refractivity contribution in [3.63, 3.8) is 0 Å². The molecule has 0 unspecified atom stereocenters. The molecule has 136 valence electrons. The first-order chi connectivity index (χ1) is 12.9. The highest BCUT2D eigenvalue weighted by atomic mass is 19.4. The zero-order valence-corrected chi connectivity index (χ0v) is 14.0. The standard InChI is InChI=1S/C20H14F3N3O/c21-20(22,23)18-11-10-15(24-12-17(27)13-6-2-1-3-7-13)19-25-14-8-4-5-9-16(14)26(18)19/h1-11,24H,12H2. The number of hydrogen-bond acceptors (Lipinski definition) is 3. The van der Waals surface area contributed by atoms with Crippen LogP contribution in [-0.4, -0.2) is 21.7 Å². The molecule has 0 bridgehead atoms. The summed E-state index contributed by atoms with van der Waals surface area (Å²) in [5.41, 5.74) is 1.02. The number of carbonyl (C=O) groups is 1. The number of para-hydroxylation sites is 2. The lowest BCUT2D eigenvalue weighted by atomic mass is 10.1. The Morgan fingerprint density at radius 3 is 2.41 bits per heavy atom. The summed E-state index contributed by atoms with van der Waals surface area (Å²) < 4.78 is 41.5. The summed E-state index contributed by atoms with van der Waals surface area (Å²) >= 11 is 0. The molecule has 4 nitrogen and oxygen atoms in total. The zero-order chi connectivity index (χ0) is 19.0. The maximum Gasteiger partial charge on any atom is 0.431 e. The first-order valence-corrected chi connectivity index (χ1v) is 8.24. The highest BCUT2D eigenvalue weighted by molar-refractivity contribution is 5.99. The Balaban J connectivity index is 1.77. The topological polar surface area (TPSA) is 46.4 Å². The second-order valence-corrected chi connectivity index (χ2v) is 6.03. The van der Waals surface area contributed by atoms with Gasteiger partial charge >= 0.3 is 6.18 Å². The van der Waals surface area contributed by atoms with E-state index in [-0.39, 0.29) is 18.0 Å². The first-order valence-electron chi connectivity index (χ1n) is 8.24. The summed E-state index contributed by atoms with van der Waals surface area (Å²) in [7, 11) is 0. The van der Waals surface area contributed by atoms with Crippen molar-refractivity contribution < 1.29 is 18.0 Å². The summed E-state index contributed by atoms with van der Waals surface area (Å²) in [5, 5.41) is 2.93. The number of ketones is 1. The highest BCUT2D eigenvalue weighted by Crippen LogP contribution is 2.34. The molecule has 0 saturated heterocycles. The van der Waals surface area contributed by atoms with Crippen molar-refractivity contribution in [2.45, 2.75) is 6.18 Å². The molecular weight excluding hydrogens is 355 g/mol. The van der Waals surface area contributed by atoms with E-state index in [1.54, 1.807) is 54.6 Å². The van der Waals surface area contributed by atoms with E-state index in [1.807, 2.05) is 0 Å². The van der Waals surface area contributed by atoms with Gasteiger partial charge in [-0.25, -0.2) is 4.98 Å². The average molecular weight is 369 g/mol. The summed E-state index contributed by atoms with van der Waals surface area (Å²) in [6.07, 6.45) is -4.53. The van der Waals surface area contributed by atoms with Crippen LogP contribution in [0.15, 0.2) is 66.7 Å². The third-order valence-electron chi connectivity index (χ3n) is 4.28. The van der Waals surface area contributed by atoms with Gasteiger partial charge in [0.15, 0.2) is 11.4 Å². The Hall–Kier alpha value is -3.35. The molecular formula is C20H14F3N3O. The average Bonchev–Trinajstić information content (AvgIpc) is 3.05. The number of halogens is 3. The van der Waals surface area contributed by atoms with Crippen LogP contribution in [-0.2, 0) is 6.18 Å². The van der Waals surface area contributed by atoms with Crippen molar-refractivity contribution in [1.82, 2.24) is 9.38 Å². The number of Topliss-reactive ketones (excluding diaryl/α,β-unsaturated/α-hetero) is 1. The van der Waals surface area contributed by atoms with Crippen molar-refractivity contribution in [3.8, 4) is 0 Å². The molecule has 7 heteroatoms. The van der Waals surface area contributed by atoms with E-state index in [2.05, 4.69) is 10.3 Å². The van der Waals surface area contributed by atoms with Crippen molar-refractivity contribution in [2.75, 3.05) is 11.9 Å². The Morgan fingerprint density at radius 2 is 1.67 bits per heavy atom. The van der Waals surface area contributed by atoms with E-state index in [4.69, 9.17) is 0 Å². The van der Waals surface area contributed by atoms with Crippen molar-refractivity contribution in [2.24, 2.45) is 0 Å². The SMILES string of the molecule is O=C(CNc1ccc(C(F)(F)F)n2c1nc1ccccc12)c1ccccc1. The van der Waals surface area contributed by atoms with Gasteiger partial charge in [-0.3, -0.25) is 9.20 Å². The van der Waals surface area contributed by atoms with E-state index in [1.165, 1.54) is 6.07 Å². The molecule has 27 heavy (non-hydrogen) atoms. The molecule has 0 spiro atoms. The largest absolute Gasteiger partial charge is 0.431 e. The van der Waals surface area contributed by atoms with Crippen LogP contribution < -0.4 is 5.32 Å². The van der Waals surface area contributed by atoms with Gasteiger partial charge < -0.3 is 5.32 Å². The number of nitrogens with one attached hydrogen (secondary N) is 1. The van der Waals surface area contributed by atoms with Gasteiger partial charge in [0.05, 0.1) is 23.3 Å². The predicted octanol–water partition coefficient (Wildman–Crippen LogP) is 4.80. The molecule has 4 rings (SSSR count). The maximum absolute atomic E-state index is 13.5. The van der Waals surface area contributed by atoms with Gasteiger partial charge in [-0.15, -0.1) is 0 Å². The van der Waals surface area contributed by atoms with Gasteiger partial charge in [0.25, 0.3) is 0 Å². The minimum absolute atomic E-state index is 0.0474. The minimum atomic E-state index is -4.53. The lowest BCUT2D eigenvalue weighted by Gasteiger charge is -2.13. The number of rotatable bonds is 4. The summed E-state index contributed by atoms with van der Waals surface area (Å²) in [6, 6.07) is 17.6. The third kappa shape index (κ3) is 3.12. The van der Waals surface area contributed by atoms with Crippen LogP contribution in [0.25, 0.3) is 16.7 Å². The molecule has 0 radical (unpaired) electrons. The second-order valence-electron chi connectivity index (χ2n) is 6.03. The number of benzene rings is 2. The number of nitrogens with zero attached hydrogens (tertiary/aromatic N) is 2. The van der Waals surface area contributed by atoms with Gasteiger partial charge in [0.1, 0.15) is 5.69 Å². The smallest absolute Gasteiger partial charge is 0.375 e. The van der Waals surface area contributed by atoms with Gasteiger partial charge in [0, 0.05) is 5.56 Å². The Labute approximate surface area is 152 Å². The Bertz CT molecular complexity index is 1130. The van der Waals surface area contributed by atoms with E-state index in [0.29, 0.717) is 22.3 Å². The molecule has 0 atom stereocenters. The van der Waals surface area contributed by atoms with Crippen molar-refractivity contribution in [3.05, 3.63) is 78.0 Å². The molecule has 2 aromatic heterocycles. The zero-order valence-electron chi connectivity index (χ0n) is 14.0. The lowest BCUT2D eigenvalue weighted by Crippen LogP contribution is -2.16. The molecule has 0 amide bonds. The first kappa shape index (κ1) is 17.1. The van der Waals surface area contributed by atoms with Crippen LogP contribution in [0.4, 0.5) is 18.9 Å². The van der Waals surface area contributed by atoms with Gasteiger partial charge in [-0.2, -0.15) is 13.2 Å². The monoisotopic (exact) mass is 369 g/mol. The molecule has 0 aliphatic heterocycles. The number of alkyl halides is 3. The fourth-order valence-electron chi connectivity index (χ4n) is 3.02. The van der Waals surface area contributed by atoms with Crippen molar-refractivity contribution in [1.29, 1.82) is 0 Å². The lowest BCUT2D eigenvalue weighted by molar-refractivity contribution is -0.141. The molecule has 4 aromatic rings. The molecule has 0 aliphatic rings. The number of aromatic nitrogens is 2. The van der Waals surface area contributed by atoms with Crippen LogP contribution in [0.2, 0.25) is 0 Å². The minimum Gasteiger partial charge on any atom is -0.375 e. The van der Waals surface area contributed by atoms with E-state index < -0.39 is 11.9 Å². The molecule has 0 aliphatic carbocycles. The number of imidazole rings is 1. The van der Waals surface area contributed by atoms with E-state index in [0.717, 1.165) is 10.5 Å². The van der Waals surface area contributed by atoms with Gasteiger partial charge in [-0.1, -0.05) is 42.5 Å². The summed E-state index contributed by atoms with van der Waals surface area (Å²) in [5.74, 6) is -0.162. The normalized spacial score (nSPS) is 11.8. The van der Waals surface area contributed by atoms with E-state index in [9.17, 15) is 18.0 Å². The number of anilines is 1. The van der Waals surface area contributed by atoms with Gasteiger partial charge in [-0.05, 0) is 24.3 Å². The fraction of sp³-hybridized carbons (Fsp3) is 0.100. The number of fused-ring (bicyclic) bond motifs is 3. The third-order valence-corrected chi connectivity index (χ3v) is 4.28. The molecule has 2 heterocycles. The Morgan fingerprint density at radius 1 is 0.963 bits per heavy atom. The number of carbonyl (C=O) groups excluding carboxylic acids is 1. The predicted molar refractivity (Wildman–Crippen MR) is 97.0 cm³/mol. The quantitative estimate of drug-likeness (QED) is 0.526. The summed E-state index contributed by atoms with van der Waals surface area (Å²) in [6.45, 7) is -0.0474. The van der Waals surface area contributed by atoms with Crippen LogP contribution in [0.1, 0.15) is 16.1 Å². The van der Waals surface area contributed by atoms with Crippen molar-refractivity contribution >= 4 is 28.2 Å². The summed E-state index contributed by atoms with van der Waals surface area (Å²) in [4.78, 5) is 16.6. The highest BCUT2D eigenvalue weighted by Gasteiger charge is 2.34. The molecule has 0 fully saturated rings. The fourth-order valence-corrected chi connectivity index (χ4v) is 3.02. The molecule has 2 aromatic carbocycles. The number of pyridine rings is 1. The molecule has 0 saturated carbocycles.